The molecule has 0 radical (unpaired) electrons. The van der Waals surface area contributed by atoms with Crippen LogP contribution in [0.15, 0.2) is 53.3 Å². The van der Waals surface area contributed by atoms with Gasteiger partial charge in [0.2, 0.25) is 0 Å². The number of carbonyl (C=O) groups is 1. The van der Waals surface area contributed by atoms with Gasteiger partial charge >= 0.3 is 0 Å². The van der Waals surface area contributed by atoms with Gasteiger partial charge in [0, 0.05) is 41.9 Å². The van der Waals surface area contributed by atoms with E-state index in [0.717, 1.165) is 29.7 Å². The van der Waals surface area contributed by atoms with Crippen LogP contribution in [0, 0.1) is 5.82 Å². The first-order valence-electron chi connectivity index (χ1n) is 11.9. The number of piperidine rings is 1. The molecule has 0 unspecified atom stereocenters. The van der Waals surface area contributed by atoms with Gasteiger partial charge in [0.05, 0.1) is 22.1 Å². The van der Waals surface area contributed by atoms with E-state index in [9.17, 15) is 14.3 Å². The minimum atomic E-state index is -1.14. The summed E-state index contributed by atoms with van der Waals surface area (Å²) in [5.41, 5.74) is 9.28. The van der Waals surface area contributed by atoms with E-state index in [1.54, 1.807) is 46.1 Å². The molecule has 0 spiro atoms. The highest BCUT2D eigenvalue weighted by atomic mass is 79.9. The monoisotopic (exact) mass is 550 g/mol. The number of aliphatic hydroxyl groups is 1. The molecular formula is C26H24BrFN6O2. The maximum atomic E-state index is 14.2. The minimum absolute atomic E-state index is 0.105. The van der Waals surface area contributed by atoms with Crippen molar-refractivity contribution in [2.75, 3.05) is 18.8 Å². The van der Waals surface area contributed by atoms with E-state index in [1.807, 2.05) is 6.07 Å². The number of aromatic nitrogens is 4. The van der Waals surface area contributed by atoms with Gasteiger partial charge in [-0.25, -0.2) is 9.37 Å². The third-order valence-electron chi connectivity index (χ3n) is 7.16. The number of fused-ring (bicyclic) bond motifs is 1. The SMILES string of the molecule is Nc1c(Br)c(C2CCN(C(=O)C3(O)CC3)CC2)nc2c(-c3ccc(-c4ccccc4F)nc3)cnn12. The number of nitrogens with two attached hydrogens (primary N) is 1. The van der Waals surface area contributed by atoms with Gasteiger partial charge < -0.3 is 15.7 Å². The van der Waals surface area contributed by atoms with Crippen molar-refractivity contribution in [3.8, 4) is 22.4 Å². The third-order valence-corrected chi connectivity index (χ3v) is 7.98. The summed E-state index contributed by atoms with van der Waals surface area (Å²) < 4.78 is 16.5. The lowest BCUT2D eigenvalue weighted by Crippen LogP contribution is -2.44. The van der Waals surface area contributed by atoms with Crippen molar-refractivity contribution in [2.24, 2.45) is 0 Å². The molecule has 36 heavy (non-hydrogen) atoms. The zero-order valence-electron chi connectivity index (χ0n) is 19.4. The lowest BCUT2D eigenvalue weighted by Gasteiger charge is -2.33. The second-order valence-electron chi connectivity index (χ2n) is 9.50. The van der Waals surface area contributed by atoms with Crippen molar-refractivity contribution in [2.45, 2.75) is 37.2 Å². The number of hydrogen-bond donors (Lipinski definition) is 2. The number of pyridine rings is 1. The summed E-state index contributed by atoms with van der Waals surface area (Å²) >= 11 is 3.61. The Bertz CT molecular complexity index is 1480. The van der Waals surface area contributed by atoms with Crippen LogP contribution < -0.4 is 5.73 Å². The molecule has 1 saturated heterocycles. The van der Waals surface area contributed by atoms with Crippen LogP contribution in [0.3, 0.4) is 0 Å². The van der Waals surface area contributed by atoms with Gasteiger partial charge in [-0.15, -0.1) is 0 Å². The summed E-state index contributed by atoms with van der Waals surface area (Å²) in [6, 6.07) is 10.2. The number of anilines is 1. The van der Waals surface area contributed by atoms with Crippen molar-refractivity contribution in [1.29, 1.82) is 0 Å². The summed E-state index contributed by atoms with van der Waals surface area (Å²) in [5, 5.41) is 14.6. The Morgan fingerprint density at radius 1 is 1.11 bits per heavy atom. The van der Waals surface area contributed by atoms with Gasteiger partial charge in [-0.05, 0) is 59.8 Å². The average molecular weight is 551 g/mol. The Labute approximate surface area is 215 Å². The topological polar surface area (TPSA) is 110 Å². The van der Waals surface area contributed by atoms with Gasteiger partial charge in [0.1, 0.15) is 17.2 Å². The van der Waals surface area contributed by atoms with E-state index >= 15 is 0 Å². The fourth-order valence-electron chi connectivity index (χ4n) is 4.85. The predicted molar refractivity (Wildman–Crippen MR) is 136 cm³/mol. The molecule has 4 aromatic rings. The standard InChI is InChI=1S/C26H24BrFN6O2/c27-21-22(15-7-11-33(12-8-15)25(35)26(36)9-10-26)32-24-18(14-31-34(24)23(21)29)16-5-6-20(30-13-16)17-3-1-2-4-19(17)28/h1-6,13-15,36H,7-12,29H2. The molecule has 184 valence electrons. The summed E-state index contributed by atoms with van der Waals surface area (Å²) in [7, 11) is 0. The number of hydrogen-bond acceptors (Lipinski definition) is 6. The molecule has 3 N–H and O–H groups in total. The molecule has 1 aromatic carbocycles. The molecule has 1 aliphatic carbocycles. The molecular weight excluding hydrogens is 527 g/mol. The number of benzene rings is 1. The molecule has 2 fully saturated rings. The number of amides is 1. The Morgan fingerprint density at radius 2 is 1.86 bits per heavy atom. The van der Waals surface area contributed by atoms with Gasteiger partial charge in [0.25, 0.3) is 5.91 Å². The van der Waals surface area contributed by atoms with Crippen LogP contribution in [0.25, 0.3) is 28.0 Å². The van der Waals surface area contributed by atoms with Gasteiger partial charge in [-0.3, -0.25) is 9.78 Å². The molecule has 6 rings (SSSR count). The van der Waals surface area contributed by atoms with Crippen LogP contribution in [-0.4, -0.2) is 54.2 Å². The van der Waals surface area contributed by atoms with Crippen molar-refractivity contribution in [3.63, 3.8) is 0 Å². The predicted octanol–water partition coefficient (Wildman–Crippen LogP) is 4.17. The minimum Gasteiger partial charge on any atom is -0.383 e. The van der Waals surface area contributed by atoms with Crippen LogP contribution in [0.5, 0.6) is 0 Å². The zero-order chi connectivity index (χ0) is 25.0. The molecule has 0 bridgehead atoms. The van der Waals surface area contributed by atoms with E-state index in [-0.39, 0.29) is 17.6 Å². The number of likely N-dealkylation sites (tertiary alicyclic amines) is 1. The molecule has 2 aliphatic rings. The van der Waals surface area contributed by atoms with E-state index in [0.29, 0.717) is 53.1 Å². The van der Waals surface area contributed by atoms with E-state index in [2.05, 4.69) is 26.0 Å². The van der Waals surface area contributed by atoms with Crippen molar-refractivity contribution in [1.82, 2.24) is 24.5 Å². The van der Waals surface area contributed by atoms with E-state index in [4.69, 9.17) is 10.7 Å². The molecule has 10 heteroatoms. The van der Waals surface area contributed by atoms with E-state index < -0.39 is 5.60 Å². The summed E-state index contributed by atoms with van der Waals surface area (Å²) in [6.45, 7) is 1.14. The highest BCUT2D eigenvalue weighted by molar-refractivity contribution is 9.10. The smallest absolute Gasteiger partial charge is 0.254 e. The van der Waals surface area contributed by atoms with Gasteiger partial charge in [-0.1, -0.05) is 18.2 Å². The molecule has 1 aliphatic heterocycles. The Hall–Kier alpha value is -3.37. The molecule has 4 heterocycles. The lowest BCUT2D eigenvalue weighted by molar-refractivity contribution is -0.143. The Kier molecular flexibility index (Phi) is 5.53. The molecule has 1 amide bonds. The van der Waals surface area contributed by atoms with Crippen LogP contribution in [0.1, 0.15) is 37.3 Å². The van der Waals surface area contributed by atoms with Gasteiger partial charge in [-0.2, -0.15) is 9.61 Å². The van der Waals surface area contributed by atoms with Crippen molar-refractivity contribution in [3.05, 3.63) is 64.8 Å². The normalized spacial score (nSPS) is 17.5. The summed E-state index contributed by atoms with van der Waals surface area (Å²) in [4.78, 5) is 23.7. The van der Waals surface area contributed by atoms with Crippen LogP contribution in [0.2, 0.25) is 0 Å². The number of nitrogens with zero attached hydrogens (tertiary/aromatic N) is 5. The first-order valence-corrected chi connectivity index (χ1v) is 12.7. The summed E-state index contributed by atoms with van der Waals surface area (Å²) in [6.07, 6.45) is 5.94. The quantitative estimate of drug-likeness (QED) is 0.394. The summed E-state index contributed by atoms with van der Waals surface area (Å²) in [5.74, 6) is 0.0703. The number of halogens is 2. The fourth-order valence-corrected chi connectivity index (χ4v) is 5.43. The maximum absolute atomic E-state index is 14.2. The number of rotatable bonds is 4. The van der Waals surface area contributed by atoms with Crippen molar-refractivity contribution < 1.29 is 14.3 Å². The van der Waals surface area contributed by atoms with E-state index in [1.165, 1.54) is 6.07 Å². The molecule has 0 atom stereocenters. The largest absolute Gasteiger partial charge is 0.383 e. The Balaban J connectivity index is 1.30. The third kappa shape index (κ3) is 3.84. The maximum Gasteiger partial charge on any atom is 0.254 e. The number of nitrogen functional groups attached to an aromatic ring is 1. The first kappa shape index (κ1) is 23.1. The second-order valence-corrected chi connectivity index (χ2v) is 10.3. The van der Waals surface area contributed by atoms with Gasteiger partial charge in [0.15, 0.2) is 5.65 Å². The zero-order valence-corrected chi connectivity index (χ0v) is 20.9. The van der Waals surface area contributed by atoms with Crippen LogP contribution in [-0.2, 0) is 4.79 Å². The first-order chi connectivity index (χ1) is 17.4. The Morgan fingerprint density at radius 3 is 2.53 bits per heavy atom. The number of carbonyl (C=O) groups excluding carboxylic acids is 1. The highest BCUT2D eigenvalue weighted by Crippen LogP contribution is 2.40. The second kappa shape index (κ2) is 8.63. The fraction of sp³-hybridized carbons (Fsp3) is 0.308. The molecule has 8 nitrogen and oxygen atoms in total. The van der Waals surface area contributed by atoms with Crippen LogP contribution >= 0.6 is 15.9 Å². The molecule has 1 saturated carbocycles. The highest BCUT2D eigenvalue weighted by Gasteiger charge is 2.50. The average Bonchev–Trinajstić information content (AvgIpc) is 3.51. The lowest BCUT2D eigenvalue weighted by atomic mass is 9.92. The van der Waals surface area contributed by atoms with Crippen LogP contribution in [0.4, 0.5) is 10.2 Å². The molecule has 3 aromatic heterocycles. The van der Waals surface area contributed by atoms with Crippen molar-refractivity contribution >= 4 is 33.3 Å².